The van der Waals surface area contributed by atoms with Crippen LogP contribution in [0.4, 0.5) is 5.69 Å². The maximum Gasteiger partial charge on any atom is 0.243 e. The maximum absolute atomic E-state index is 11.9. The fourth-order valence-corrected chi connectivity index (χ4v) is 1.31. The van der Waals surface area contributed by atoms with Crippen molar-refractivity contribution < 1.29 is 9.90 Å². The number of carbonyl (C=O) groups excluding carboxylic acids is 1. The molecule has 0 unspecified atom stereocenters. The number of phenolic OH excluding ortho intramolecular Hbond substituents is 1. The van der Waals surface area contributed by atoms with Gasteiger partial charge in [0.25, 0.3) is 0 Å². The molecule has 0 radical (unpaired) electrons. The lowest BCUT2D eigenvalue weighted by Crippen LogP contribution is -2.44. The van der Waals surface area contributed by atoms with Gasteiger partial charge in [0, 0.05) is 12.7 Å². The molecule has 1 atom stereocenters. The predicted octanol–water partition coefficient (Wildman–Crippen LogP) is 1.34. The highest BCUT2D eigenvalue weighted by Crippen LogP contribution is 2.18. The number of carbonyl (C=O) groups is 1. The lowest BCUT2D eigenvalue weighted by molar-refractivity contribution is -0.120. The van der Waals surface area contributed by atoms with Crippen molar-refractivity contribution in [2.75, 3.05) is 11.9 Å². The summed E-state index contributed by atoms with van der Waals surface area (Å²) in [7, 11) is 1.68. The van der Waals surface area contributed by atoms with Gasteiger partial charge in [-0.15, -0.1) is 0 Å². The van der Waals surface area contributed by atoms with Crippen LogP contribution in [0.1, 0.15) is 13.8 Å². The van der Waals surface area contributed by atoms with Crippen molar-refractivity contribution in [3.63, 3.8) is 0 Å². The van der Waals surface area contributed by atoms with Gasteiger partial charge in [-0.2, -0.15) is 0 Å². The highest BCUT2D eigenvalue weighted by atomic mass is 16.3. The summed E-state index contributed by atoms with van der Waals surface area (Å²) in [5.74, 6) is 0.158. The Morgan fingerprint density at radius 1 is 1.31 bits per heavy atom. The van der Waals surface area contributed by atoms with Crippen LogP contribution in [0.15, 0.2) is 24.3 Å². The molecular weight excluding hydrogens is 204 g/mol. The third kappa shape index (κ3) is 2.73. The second kappa shape index (κ2) is 4.99. The monoisotopic (exact) mass is 222 g/mol. The maximum atomic E-state index is 11.9. The Morgan fingerprint density at radius 2 is 1.81 bits per heavy atom. The molecule has 0 aromatic heterocycles. The fourth-order valence-electron chi connectivity index (χ4n) is 1.31. The third-order valence-electron chi connectivity index (χ3n) is 2.57. The lowest BCUT2D eigenvalue weighted by Gasteiger charge is -2.23. The molecule has 4 heteroatoms. The average Bonchev–Trinajstić information content (AvgIpc) is 2.27. The molecule has 1 aromatic rings. The van der Waals surface area contributed by atoms with Crippen molar-refractivity contribution in [3.8, 4) is 5.75 Å². The number of benzene rings is 1. The first-order chi connectivity index (χ1) is 7.43. The Hall–Kier alpha value is -1.55. The van der Waals surface area contributed by atoms with E-state index in [0.717, 1.165) is 5.69 Å². The van der Waals surface area contributed by atoms with E-state index in [-0.39, 0.29) is 17.6 Å². The van der Waals surface area contributed by atoms with Gasteiger partial charge < -0.3 is 15.7 Å². The van der Waals surface area contributed by atoms with E-state index >= 15 is 0 Å². The number of likely N-dealkylation sites (N-methyl/N-ethyl adjacent to an activating group) is 1. The van der Waals surface area contributed by atoms with E-state index in [4.69, 9.17) is 10.8 Å². The van der Waals surface area contributed by atoms with Gasteiger partial charge in [-0.1, -0.05) is 13.8 Å². The van der Waals surface area contributed by atoms with E-state index in [1.54, 1.807) is 31.3 Å². The van der Waals surface area contributed by atoms with Gasteiger partial charge in [0.05, 0.1) is 6.04 Å². The van der Waals surface area contributed by atoms with Gasteiger partial charge in [-0.05, 0) is 30.2 Å². The molecule has 0 saturated heterocycles. The van der Waals surface area contributed by atoms with Crippen LogP contribution in [-0.2, 0) is 4.79 Å². The van der Waals surface area contributed by atoms with Crippen molar-refractivity contribution in [1.82, 2.24) is 0 Å². The number of hydrogen-bond acceptors (Lipinski definition) is 3. The molecule has 1 amide bonds. The van der Waals surface area contributed by atoms with Crippen LogP contribution in [0.25, 0.3) is 0 Å². The summed E-state index contributed by atoms with van der Waals surface area (Å²) in [5, 5.41) is 9.15. The molecule has 0 aliphatic heterocycles. The topological polar surface area (TPSA) is 66.6 Å². The molecule has 1 aromatic carbocycles. The quantitative estimate of drug-likeness (QED) is 0.811. The number of hydrogen-bond donors (Lipinski definition) is 2. The molecule has 16 heavy (non-hydrogen) atoms. The summed E-state index contributed by atoms with van der Waals surface area (Å²) in [6.07, 6.45) is 0. The lowest BCUT2D eigenvalue weighted by atomic mass is 10.0. The zero-order valence-corrected chi connectivity index (χ0v) is 9.84. The Labute approximate surface area is 95.7 Å². The summed E-state index contributed by atoms with van der Waals surface area (Å²) in [4.78, 5) is 13.4. The van der Waals surface area contributed by atoms with Crippen molar-refractivity contribution in [1.29, 1.82) is 0 Å². The molecule has 0 aliphatic rings. The molecule has 0 spiro atoms. The van der Waals surface area contributed by atoms with Gasteiger partial charge in [0.15, 0.2) is 0 Å². The first-order valence-corrected chi connectivity index (χ1v) is 5.25. The predicted molar refractivity (Wildman–Crippen MR) is 64.3 cm³/mol. The van der Waals surface area contributed by atoms with Gasteiger partial charge in [0.2, 0.25) is 5.91 Å². The zero-order valence-electron chi connectivity index (χ0n) is 9.84. The minimum Gasteiger partial charge on any atom is -0.508 e. The Kier molecular flexibility index (Phi) is 3.90. The highest BCUT2D eigenvalue weighted by molar-refractivity contribution is 5.96. The molecule has 0 fully saturated rings. The van der Waals surface area contributed by atoms with Crippen LogP contribution in [-0.4, -0.2) is 24.1 Å². The molecular formula is C12H18N2O2. The zero-order chi connectivity index (χ0) is 12.3. The van der Waals surface area contributed by atoms with Crippen LogP contribution < -0.4 is 10.6 Å². The highest BCUT2D eigenvalue weighted by Gasteiger charge is 2.21. The smallest absolute Gasteiger partial charge is 0.243 e. The van der Waals surface area contributed by atoms with E-state index in [0.29, 0.717) is 0 Å². The summed E-state index contributed by atoms with van der Waals surface area (Å²) in [6, 6.07) is 5.94. The number of amides is 1. The number of nitrogens with zero attached hydrogens (tertiary/aromatic N) is 1. The van der Waals surface area contributed by atoms with Gasteiger partial charge in [-0.3, -0.25) is 4.79 Å². The summed E-state index contributed by atoms with van der Waals surface area (Å²) >= 11 is 0. The molecule has 88 valence electrons. The van der Waals surface area contributed by atoms with Crippen LogP contribution in [0.3, 0.4) is 0 Å². The minimum absolute atomic E-state index is 0.104. The van der Waals surface area contributed by atoms with Gasteiger partial charge in [-0.25, -0.2) is 0 Å². The first-order valence-electron chi connectivity index (χ1n) is 5.25. The van der Waals surface area contributed by atoms with E-state index in [2.05, 4.69) is 0 Å². The van der Waals surface area contributed by atoms with Crippen molar-refractivity contribution in [2.45, 2.75) is 19.9 Å². The van der Waals surface area contributed by atoms with Crippen molar-refractivity contribution >= 4 is 11.6 Å². The molecule has 1 rings (SSSR count). The molecule has 0 saturated carbocycles. The van der Waals surface area contributed by atoms with E-state index in [1.807, 2.05) is 13.8 Å². The Morgan fingerprint density at radius 3 is 2.25 bits per heavy atom. The van der Waals surface area contributed by atoms with Crippen LogP contribution in [0.5, 0.6) is 5.75 Å². The molecule has 3 N–H and O–H groups in total. The van der Waals surface area contributed by atoms with Gasteiger partial charge in [0.1, 0.15) is 5.75 Å². The van der Waals surface area contributed by atoms with Crippen molar-refractivity contribution in [2.24, 2.45) is 11.7 Å². The number of rotatable bonds is 3. The average molecular weight is 222 g/mol. The standard InChI is InChI=1S/C12H18N2O2/c1-8(2)11(13)12(16)14(3)9-4-6-10(15)7-5-9/h4-8,11,15H,13H2,1-3H3/t11-/m0/s1. The fraction of sp³-hybridized carbons (Fsp3) is 0.417. The van der Waals surface area contributed by atoms with Crippen LogP contribution >= 0.6 is 0 Å². The van der Waals surface area contributed by atoms with E-state index < -0.39 is 6.04 Å². The summed E-state index contributed by atoms with van der Waals surface area (Å²) < 4.78 is 0. The number of anilines is 1. The largest absolute Gasteiger partial charge is 0.508 e. The number of nitrogens with two attached hydrogens (primary N) is 1. The summed E-state index contributed by atoms with van der Waals surface area (Å²) in [5.41, 5.74) is 6.51. The third-order valence-corrected chi connectivity index (χ3v) is 2.57. The number of aromatic hydroxyl groups is 1. The normalized spacial score (nSPS) is 12.6. The second-order valence-electron chi connectivity index (χ2n) is 4.18. The van der Waals surface area contributed by atoms with Crippen LogP contribution in [0, 0.1) is 5.92 Å². The van der Waals surface area contributed by atoms with Crippen LogP contribution in [0.2, 0.25) is 0 Å². The van der Waals surface area contributed by atoms with Crippen molar-refractivity contribution in [3.05, 3.63) is 24.3 Å². The molecule has 0 aliphatic carbocycles. The Bertz CT molecular complexity index is 360. The number of phenols is 1. The van der Waals surface area contributed by atoms with Gasteiger partial charge >= 0.3 is 0 Å². The summed E-state index contributed by atoms with van der Waals surface area (Å²) in [6.45, 7) is 3.82. The second-order valence-corrected chi connectivity index (χ2v) is 4.18. The molecule has 0 bridgehead atoms. The molecule has 0 heterocycles. The van der Waals surface area contributed by atoms with E-state index in [9.17, 15) is 4.79 Å². The Balaban J connectivity index is 2.82. The minimum atomic E-state index is -0.501. The van der Waals surface area contributed by atoms with E-state index in [1.165, 1.54) is 4.90 Å². The SMILES string of the molecule is CC(C)[C@H](N)C(=O)N(C)c1ccc(O)cc1. The molecule has 4 nitrogen and oxygen atoms in total. The first kappa shape index (κ1) is 12.5.